The minimum absolute atomic E-state index is 0.141. The molecule has 3 atom stereocenters. The maximum Gasteiger partial charge on any atom is 0.222 e. The van der Waals surface area contributed by atoms with Crippen molar-refractivity contribution in [2.24, 2.45) is 11.8 Å². The Hall–Kier alpha value is -2.33. The van der Waals surface area contributed by atoms with Gasteiger partial charge in [-0.05, 0) is 99.4 Å². The van der Waals surface area contributed by atoms with E-state index in [1.807, 2.05) is 0 Å². The Kier molecular flexibility index (Phi) is 8.54. The quantitative estimate of drug-likeness (QED) is 0.330. The molecule has 3 aliphatic rings. The third-order valence-corrected chi connectivity index (χ3v) is 9.58. The molecular formula is C33H46N2O2. The number of nitrogens with zero attached hydrogens (tertiary/aromatic N) is 2. The van der Waals surface area contributed by atoms with Gasteiger partial charge >= 0.3 is 0 Å². The highest BCUT2D eigenvalue weighted by Gasteiger charge is 2.49. The van der Waals surface area contributed by atoms with Crippen molar-refractivity contribution in [2.75, 3.05) is 33.8 Å². The van der Waals surface area contributed by atoms with Crippen LogP contribution in [0.5, 0.6) is 5.75 Å². The molecule has 2 saturated carbocycles. The van der Waals surface area contributed by atoms with Gasteiger partial charge < -0.3 is 14.5 Å². The Morgan fingerprint density at radius 2 is 1.86 bits per heavy atom. The number of amides is 1. The van der Waals surface area contributed by atoms with Gasteiger partial charge in [0.05, 0.1) is 7.11 Å². The molecule has 0 N–H and O–H groups in total. The van der Waals surface area contributed by atoms with E-state index in [4.69, 9.17) is 4.74 Å². The molecule has 1 saturated heterocycles. The first-order valence-corrected chi connectivity index (χ1v) is 14.7. The average molecular weight is 503 g/mol. The summed E-state index contributed by atoms with van der Waals surface area (Å²) in [6.07, 6.45) is 12.5. The van der Waals surface area contributed by atoms with Gasteiger partial charge in [-0.3, -0.25) is 4.79 Å². The topological polar surface area (TPSA) is 32.8 Å². The van der Waals surface area contributed by atoms with Crippen molar-refractivity contribution >= 4 is 5.91 Å². The fourth-order valence-electron chi connectivity index (χ4n) is 7.09. The lowest BCUT2D eigenvalue weighted by Gasteiger charge is -2.54. The second-order valence-corrected chi connectivity index (χ2v) is 12.0. The van der Waals surface area contributed by atoms with Crippen LogP contribution in [-0.2, 0) is 16.6 Å². The number of benzene rings is 2. The van der Waals surface area contributed by atoms with E-state index >= 15 is 0 Å². The highest BCUT2D eigenvalue weighted by molar-refractivity contribution is 5.76. The summed E-state index contributed by atoms with van der Waals surface area (Å²) in [5, 5.41) is 0. The molecule has 0 radical (unpaired) electrons. The number of piperidine rings is 1. The van der Waals surface area contributed by atoms with Crippen LogP contribution in [0, 0.1) is 11.8 Å². The molecule has 0 unspecified atom stereocenters. The zero-order chi connectivity index (χ0) is 25.7. The van der Waals surface area contributed by atoms with Gasteiger partial charge in [0.2, 0.25) is 5.91 Å². The number of fused-ring (bicyclic) bond motifs is 1. The molecule has 1 aliphatic heterocycles. The van der Waals surface area contributed by atoms with Crippen LogP contribution in [0.25, 0.3) is 0 Å². The van der Waals surface area contributed by atoms with Crippen molar-refractivity contribution in [3.05, 3.63) is 65.7 Å². The maximum atomic E-state index is 13.3. The van der Waals surface area contributed by atoms with Gasteiger partial charge in [0.1, 0.15) is 5.75 Å². The molecule has 4 heteroatoms. The summed E-state index contributed by atoms with van der Waals surface area (Å²) in [5.74, 6) is 2.88. The molecular weight excluding hydrogens is 456 g/mol. The largest absolute Gasteiger partial charge is 0.497 e. The van der Waals surface area contributed by atoms with Gasteiger partial charge in [-0.2, -0.15) is 0 Å². The van der Waals surface area contributed by atoms with E-state index in [0.717, 1.165) is 50.2 Å². The second kappa shape index (κ2) is 12.0. The fraction of sp³-hybridized carbons (Fsp3) is 0.606. The van der Waals surface area contributed by atoms with Crippen LogP contribution in [-0.4, -0.2) is 55.5 Å². The molecule has 3 fully saturated rings. The monoisotopic (exact) mass is 502 g/mol. The number of hydrogen-bond donors (Lipinski definition) is 0. The van der Waals surface area contributed by atoms with E-state index in [0.29, 0.717) is 24.3 Å². The molecule has 5 rings (SSSR count). The number of unbranched alkanes of at least 4 members (excludes halogenated alkanes) is 2. The Morgan fingerprint density at radius 3 is 2.65 bits per heavy atom. The van der Waals surface area contributed by atoms with Gasteiger partial charge in [0, 0.05) is 38.0 Å². The molecule has 0 spiro atoms. The van der Waals surface area contributed by atoms with Crippen molar-refractivity contribution in [3.8, 4) is 5.75 Å². The van der Waals surface area contributed by atoms with Crippen LogP contribution in [0.1, 0.15) is 75.3 Å². The lowest BCUT2D eigenvalue weighted by Crippen LogP contribution is -2.56. The average Bonchev–Trinajstić information content (AvgIpc) is 3.76. The van der Waals surface area contributed by atoms with E-state index in [-0.39, 0.29) is 5.41 Å². The van der Waals surface area contributed by atoms with Crippen molar-refractivity contribution < 1.29 is 9.53 Å². The maximum absolute atomic E-state index is 13.3. The van der Waals surface area contributed by atoms with E-state index in [1.54, 1.807) is 7.11 Å². The van der Waals surface area contributed by atoms with Crippen LogP contribution in [0.4, 0.5) is 0 Å². The number of carbonyl (C=O) groups is 1. The first kappa shape index (κ1) is 26.3. The predicted molar refractivity (Wildman–Crippen MR) is 151 cm³/mol. The first-order valence-electron chi connectivity index (χ1n) is 14.7. The van der Waals surface area contributed by atoms with Gasteiger partial charge in [-0.1, -0.05) is 48.9 Å². The van der Waals surface area contributed by atoms with Crippen molar-refractivity contribution in [2.45, 2.75) is 82.1 Å². The third-order valence-electron chi connectivity index (χ3n) is 9.58. The third kappa shape index (κ3) is 6.39. The van der Waals surface area contributed by atoms with Crippen LogP contribution < -0.4 is 4.74 Å². The Balaban J connectivity index is 1.20. The molecule has 0 bridgehead atoms. The van der Waals surface area contributed by atoms with Gasteiger partial charge in [-0.25, -0.2) is 0 Å². The van der Waals surface area contributed by atoms with Gasteiger partial charge in [-0.15, -0.1) is 0 Å². The second-order valence-electron chi connectivity index (χ2n) is 12.0. The molecule has 2 aromatic rings. The van der Waals surface area contributed by atoms with E-state index < -0.39 is 0 Å². The van der Waals surface area contributed by atoms with Crippen molar-refractivity contribution in [1.29, 1.82) is 0 Å². The van der Waals surface area contributed by atoms with Crippen LogP contribution >= 0.6 is 0 Å². The van der Waals surface area contributed by atoms with Gasteiger partial charge in [0.25, 0.3) is 0 Å². The normalized spacial score (nSPS) is 25.9. The summed E-state index contributed by atoms with van der Waals surface area (Å²) >= 11 is 0. The SMILES string of the molecule is COc1cccc([C@@]23CCN(CC4CC4)C[C@H]2CC[C@H](N(C)C(=O)CCCCCc2ccccc2)C3)c1. The van der Waals surface area contributed by atoms with Crippen molar-refractivity contribution in [1.82, 2.24) is 9.80 Å². The minimum atomic E-state index is 0.141. The molecule has 2 aliphatic carbocycles. The number of methoxy groups -OCH3 is 1. The number of carbonyl (C=O) groups excluding carboxylic acids is 1. The highest BCUT2D eigenvalue weighted by Crippen LogP contribution is 2.51. The van der Waals surface area contributed by atoms with Crippen LogP contribution in [0.15, 0.2) is 54.6 Å². The Labute approximate surface area is 224 Å². The summed E-state index contributed by atoms with van der Waals surface area (Å²) in [7, 11) is 3.83. The van der Waals surface area contributed by atoms with Crippen LogP contribution in [0.3, 0.4) is 0 Å². The van der Waals surface area contributed by atoms with E-state index in [2.05, 4.69) is 71.4 Å². The van der Waals surface area contributed by atoms with E-state index in [9.17, 15) is 4.79 Å². The number of hydrogen-bond acceptors (Lipinski definition) is 3. The molecule has 0 aromatic heterocycles. The Morgan fingerprint density at radius 1 is 1.03 bits per heavy atom. The predicted octanol–water partition coefficient (Wildman–Crippen LogP) is 6.48. The molecule has 1 amide bonds. The van der Waals surface area contributed by atoms with Gasteiger partial charge in [0.15, 0.2) is 0 Å². The smallest absolute Gasteiger partial charge is 0.222 e. The summed E-state index contributed by atoms with van der Waals surface area (Å²) in [6, 6.07) is 19.8. The lowest BCUT2D eigenvalue weighted by molar-refractivity contribution is -0.134. The lowest BCUT2D eigenvalue weighted by atomic mass is 9.57. The molecule has 200 valence electrons. The number of likely N-dealkylation sites (tertiary alicyclic amines) is 1. The summed E-state index contributed by atoms with van der Waals surface area (Å²) in [6.45, 7) is 3.67. The number of ether oxygens (including phenoxy) is 1. The minimum Gasteiger partial charge on any atom is -0.497 e. The highest BCUT2D eigenvalue weighted by atomic mass is 16.5. The number of aryl methyl sites for hydroxylation is 1. The molecule has 4 nitrogen and oxygen atoms in total. The molecule has 2 aromatic carbocycles. The van der Waals surface area contributed by atoms with Crippen LogP contribution in [0.2, 0.25) is 0 Å². The summed E-state index contributed by atoms with van der Waals surface area (Å²) in [5.41, 5.74) is 2.96. The summed E-state index contributed by atoms with van der Waals surface area (Å²) in [4.78, 5) is 18.1. The molecule has 37 heavy (non-hydrogen) atoms. The zero-order valence-electron chi connectivity index (χ0n) is 23.0. The molecule has 1 heterocycles. The Bertz CT molecular complexity index is 1020. The number of rotatable bonds is 11. The van der Waals surface area contributed by atoms with E-state index in [1.165, 1.54) is 56.4 Å². The standard InChI is InChI=1S/C33H46N2O2/c1-34(32(36)15-8-4-7-12-26-10-5-3-6-11-26)30-19-18-29-25-35(24-27-16-17-27)21-20-33(29,23-30)28-13-9-14-31(22-28)37-2/h3,5-6,9-11,13-14,22,27,29-30H,4,7-8,12,15-21,23-25H2,1-2H3/t29-,30+,33+/m1/s1. The fourth-order valence-corrected chi connectivity index (χ4v) is 7.09. The zero-order valence-corrected chi connectivity index (χ0v) is 23.0. The summed E-state index contributed by atoms with van der Waals surface area (Å²) < 4.78 is 5.63. The van der Waals surface area contributed by atoms with Crippen molar-refractivity contribution in [3.63, 3.8) is 0 Å². The first-order chi connectivity index (χ1) is 18.1.